The third-order valence-electron chi connectivity index (χ3n) is 7.26. The topological polar surface area (TPSA) is 123 Å². The molecular formula is C31H28FN3O6. The van der Waals surface area contributed by atoms with Crippen LogP contribution in [0.25, 0.3) is 34.0 Å². The molecule has 1 saturated heterocycles. The Morgan fingerprint density at radius 3 is 2.29 bits per heavy atom. The number of aromatic nitrogens is 2. The average molecular weight is 558 g/mol. The number of Topliss-reactive ketones (excluding diaryl/α,β-unsaturated/α-hetero) is 1. The summed E-state index contributed by atoms with van der Waals surface area (Å²) in [5, 5.41) is 13.8. The van der Waals surface area contributed by atoms with Gasteiger partial charge in [0.25, 0.3) is 5.89 Å². The maximum atomic E-state index is 14.8. The molecule has 0 saturated carbocycles. The minimum absolute atomic E-state index is 0.0930. The number of aliphatic carboxylic acids is 1. The molecule has 1 fully saturated rings. The minimum Gasteiger partial charge on any atom is -0.480 e. The summed E-state index contributed by atoms with van der Waals surface area (Å²) in [7, 11) is 0. The van der Waals surface area contributed by atoms with Crippen LogP contribution in [0.1, 0.15) is 25.3 Å². The lowest BCUT2D eigenvalue weighted by Gasteiger charge is -2.37. The normalized spacial score (nSPS) is 14.9. The molecule has 1 aromatic heterocycles. The highest BCUT2D eigenvalue weighted by Gasteiger charge is 2.49. The first-order chi connectivity index (χ1) is 19.7. The van der Waals surface area contributed by atoms with E-state index in [-0.39, 0.29) is 30.3 Å². The minimum atomic E-state index is -1.64. The molecule has 3 aromatic carbocycles. The summed E-state index contributed by atoms with van der Waals surface area (Å²) in [4.78, 5) is 42.1. The van der Waals surface area contributed by atoms with Crippen molar-refractivity contribution in [2.45, 2.75) is 26.3 Å². The standard InChI is InChI=1S/C31H28FN3O6/c1-20(36)19-40-30(39)31(29(37)38)13-15-35(16-14-31)18-21-7-9-23(10-8-21)27-33-28(41-34-27)24-11-12-25(26(32)17-24)22-5-3-2-4-6-22/h2-12,17H,13-16,18-19H2,1H3,(H,37,38). The molecule has 1 aliphatic heterocycles. The summed E-state index contributed by atoms with van der Waals surface area (Å²) >= 11 is 0. The Hall–Kier alpha value is -4.70. The Labute approximate surface area is 235 Å². The van der Waals surface area contributed by atoms with E-state index in [1.54, 1.807) is 12.1 Å². The monoisotopic (exact) mass is 557 g/mol. The number of carboxylic acids is 1. The van der Waals surface area contributed by atoms with Gasteiger partial charge in [-0.05, 0) is 43.0 Å². The van der Waals surface area contributed by atoms with Crippen LogP contribution in [0.4, 0.5) is 4.39 Å². The lowest BCUT2D eigenvalue weighted by atomic mass is 9.78. The number of ketones is 1. The van der Waals surface area contributed by atoms with Crippen molar-refractivity contribution >= 4 is 17.7 Å². The van der Waals surface area contributed by atoms with Gasteiger partial charge in [-0.1, -0.05) is 65.8 Å². The average Bonchev–Trinajstić information content (AvgIpc) is 3.47. The number of rotatable bonds is 9. The maximum absolute atomic E-state index is 14.8. The smallest absolute Gasteiger partial charge is 0.324 e. The molecule has 210 valence electrons. The molecule has 1 aliphatic rings. The van der Waals surface area contributed by atoms with Crippen LogP contribution in [-0.2, 0) is 25.7 Å². The largest absolute Gasteiger partial charge is 0.480 e. The molecule has 0 spiro atoms. The zero-order valence-corrected chi connectivity index (χ0v) is 22.4. The van der Waals surface area contributed by atoms with Crippen molar-refractivity contribution in [1.82, 2.24) is 15.0 Å². The number of benzene rings is 3. The van der Waals surface area contributed by atoms with Gasteiger partial charge < -0.3 is 14.4 Å². The van der Waals surface area contributed by atoms with Gasteiger partial charge in [-0.15, -0.1) is 0 Å². The predicted molar refractivity (Wildman–Crippen MR) is 147 cm³/mol. The fourth-order valence-corrected chi connectivity index (χ4v) is 4.88. The molecule has 41 heavy (non-hydrogen) atoms. The zero-order chi connectivity index (χ0) is 29.0. The van der Waals surface area contributed by atoms with Crippen LogP contribution in [-0.4, -0.2) is 57.6 Å². The molecule has 0 atom stereocenters. The van der Waals surface area contributed by atoms with E-state index in [4.69, 9.17) is 9.26 Å². The predicted octanol–water partition coefficient (Wildman–Crippen LogP) is 5.01. The highest BCUT2D eigenvalue weighted by Crippen LogP contribution is 2.34. The van der Waals surface area contributed by atoms with Crippen molar-refractivity contribution in [3.63, 3.8) is 0 Å². The van der Waals surface area contributed by atoms with Crippen LogP contribution in [0.2, 0.25) is 0 Å². The third kappa shape index (κ3) is 6.07. The van der Waals surface area contributed by atoms with Gasteiger partial charge in [-0.2, -0.15) is 4.98 Å². The molecule has 2 heterocycles. The van der Waals surface area contributed by atoms with Crippen LogP contribution in [0.5, 0.6) is 0 Å². The van der Waals surface area contributed by atoms with Crippen LogP contribution in [0.3, 0.4) is 0 Å². The molecule has 5 rings (SSSR count). The van der Waals surface area contributed by atoms with Gasteiger partial charge in [-0.25, -0.2) is 4.39 Å². The molecule has 4 aromatic rings. The maximum Gasteiger partial charge on any atom is 0.324 e. The summed E-state index contributed by atoms with van der Waals surface area (Å²) in [6, 6.07) is 21.6. The summed E-state index contributed by atoms with van der Waals surface area (Å²) in [6.07, 6.45) is 0.186. The van der Waals surface area contributed by atoms with Crippen molar-refractivity contribution < 1.29 is 33.1 Å². The van der Waals surface area contributed by atoms with E-state index in [2.05, 4.69) is 15.0 Å². The van der Waals surface area contributed by atoms with Crippen molar-refractivity contribution in [1.29, 1.82) is 0 Å². The fraction of sp³-hybridized carbons (Fsp3) is 0.258. The number of likely N-dealkylation sites (tertiary alicyclic amines) is 1. The number of carbonyl (C=O) groups is 3. The van der Waals surface area contributed by atoms with Crippen molar-refractivity contribution in [3.05, 3.63) is 84.2 Å². The number of halogens is 1. The number of piperidine rings is 1. The summed E-state index contributed by atoms with van der Waals surface area (Å²) in [5.74, 6) is -2.25. The zero-order valence-electron chi connectivity index (χ0n) is 22.4. The number of hydrogen-bond acceptors (Lipinski definition) is 8. The second-order valence-corrected chi connectivity index (χ2v) is 10.1. The third-order valence-corrected chi connectivity index (χ3v) is 7.26. The van der Waals surface area contributed by atoms with Gasteiger partial charge >= 0.3 is 11.9 Å². The number of hydrogen-bond donors (Lipinski definition) is 1. The summed E-state index contributed by atoms with van der Waals surface area (Å²) in [6.45, 7) is 2.18. The van der Waals surface area contributed by atoms with E-state index >= 15 is 0 Å². The van der Waals surface area contributed by atoms with Crippen molar-refractivity contribution in [2.75, 3.05) is 19.7 Å². The Balaban J connectivity index is 1.21. The molecule has 0 unspecified atom stereocenters. The van der Waals surface area contributed by atoms with Gasteiger partial charge in [0, 0.05) is 36.3 Å². The van der Waals surface area contributed by atoms with Gasteiger partial charge in [0.05, 0.1) is 0 Å². The molecule has 0 radical (unpaired) electrons. The molecule has 10 heteroatoms. The van der Waals surface area contributed by atoms with E-state index in [1.807, 2.05) is 54.6 Å². The highest BCUT2D eigenvalue weighted by atomic mass is 19.1. The Kier molecular flexibility index (Phi) is 8.02. The first kappa shape index (κ1) is 27.9. The first-order valence-corrected chi connectivity index (χ1v) is 13.2. The fourth-order valence-electron chi connectivity index (χ4n) is 4.88. The lowest BCUT2D eigenvalue weighted by Crippen LogP contribution is -2.49. The van der Waals surface area contributed by atoms with E-state index < -0.39 is 24.0 Å². The molecule has 0 amide bonds. The molecule has 1 N–H and O–H groups in total. The van der Waals surface area contributed by atoms with Crippen molar-refractivity contribution in [3.8, 4) is 34.0 Å². The second kappa shape index (κ2) is 11.8. The van der Waals surface area contributed by atoms with Crippen LogP contribution >= 0.6 is 0 Å². The van der Waals surface area contributed by atoms with E-state index in [0.717, 1.165) is 16.7 Å². The summed E-state index contributed by atoms with van der Waals surface area (Å²) < 4.78 is 25.2. The molecule has 9 nitrogen and oxygen atoms in total. The number of carbonyl (C=O) groups excluding carboxylic acids is 2. The highest BCUT2D eigenvalue weighted by molar-refractivity contribution is 6.00. The molecular weight excluding hydrogens is 529 g/mol. The number of ether oxygens (including phenoxy) is 1. The van der Waals surface area contributed by atoms with Gasteiger partial charge in [-0.3, -0.25) is 19.3 Å². The van der Waals surface area contributed by atoms with Crippen LogP contribution < -0.4 is 0 Å². The van der Waals surface area contributed by atoms with E-state index in [1.165, 1.54) is 13.0 Å². The Morgan fingerprint density at radius 2 is 1.66 bits per heavy atom. The van der Waals surface area contributed by atoms with Crippen LogP contribution in [0.15, 0.2) is 77.3 Å². The van der Waals surface area contributed by atoms with E-state index in [0.29, 0.717) is 36.6 Å². The molecule has 0 aliphatic carbocycles. The number of nitrogens with zero attached hydrogens (tertiary/aromatic N) is 3. The van der Waals surface area contributed by atoms with Crippen LogP contribution in [0, 0.1) is 11.2 Å². The van der Waals surface area contributed by atoms with E-state index in [9.17, 15) is 23.9 Å². The Bertz CT molecular complexity index is 1560. The van der Waals surface area contributed by atoms with Gasteiger partial charge in [0.1, 0.15) is 12.4 Å². The SMILES string of the molecule is CC(=O)COC(=O)C1(C(=O)O)CCN(Cc2ccc(-c3noc(-c4ccc(-c5ccccc5)c(F)c4)n3)cc2)CC1. The number of esters is 1. The summed E-state index contributed by atoms with van der Waals surface area (Å²) in [5.41, 5.74) is 1.81. The van der Waals surface area contributed by atoms with Crippen molar-refractivity contribution in [2.24, 2.45) is 5.41 Å². The molecule has 0 bridgehead atoms. The quantitative estimate of drug-likeness (QED) is 0.223. The first-order valence-electron chi connectivity index (χ1n) is 13.2. The second-order valence-electron chi connectivity index (χ2n) is 10.1. The Morgan fingerprint density at radius 1 is 0.976 bits per heavy atom. The van der Waals surface area contributed by atoms with Gasteiger partial charge in [0.2, 0.25) is 5.82 Å². The number of carboxylic acid groups (broad SMARTS) is 1. The lowest BCUT2D eigenvalue weighted by molar-refractivity contribution is -0.173. The van der Waals surface area contributed by atoms with Gasteiger partial charge in [0.15, 0.2) is 11.2 Å².